The third-order valence-corrected chi connectivity index (χ3v) is 5.51. The van der Waals surface area contributed by atoms with E-state index in [0.717, 1.165) is 31.0 Å². The Labute approximate surface area is 167 Å². The molecule has 1 atom stereocenters. The fourth-order valence-corrected chi connectivity index (χ4v) is 3.88. The molecule has 1 aromatic carbocycles. The van der Waals surface area contributed by atoms with E-state index >= 15 is 0 Å². The van der Waals surface area contributed by atoms with Gasteiger partial charge in [0.25, 0.3) is 0 Å². The molecule has 0 saturated carbocycles. The molecule has 2 aromatic heterocycles. The second kappa shape index (κ2) is 7.93. The Bertz CT molecular complexity index is 987. The summed E-state index contributed by atoms with van der Waals surface area (Å²) in [6.07, 6.45) is 4.02. The van der Waals surface area contributed by atoms with Gasteiger partial charge in [-0.2, -0.15) is 0 Å². The van der Waals surface area contributed by atoms with Gasteiger partial charge in [0, 0.05) is 37.9 Å². The Morgan fingerprint density at radius 2 is 1.89 bits per heavy atom. The van der Waals surface area contributed by atoms with E-state index in [-0.39, 0.29) is 7.21 Å². The summed E-state index contributed by atoms with van der Waals surface area (Å²) in [6.45, 7) is 5.87. The minimum absolute atomic E-state index is 0. The quantitative estimate of drug-likeness (QED) is 0.607. The number of carbonyl (C=O) groups excluding carboxylic acids is 1. The molecule has 0 spiro atoms. The van der Waals surface area contributed by atoms with Crippen LogP contribution in [-0.4, -0.2) is 28.8 Å². The van der Waals surface area contributed by atoms with Crippen molar-refractivity contribution in [2.75, 3.05) is 18.0 Å². The largest absolute Gasteiger partial charge is 0.356 e. The number of ketones is 1. The van der Waals surface area contributed by atoms with Gasteiger partial charge >= 0.3 is 0 Å². The van der Waals surface area contributed by atoms with Crippen molar-refractivity contribution in [1.82, 2.24) is 9.97 Å². The number of aromatic nitrogens is 2. The van der Waals surface area contributed by atoms with Crippen LogP contribution in [0.15, 0.2) is 60.8 Å². The van der Waals surface area contributed by atoms with E-state index in [1.165, 1.54) is 17.5 Å². The van der Waals surface area contributed by atoms with E-state index < -0.39 is 0 Å². The molecule has 3 aromatic rings. The molecular weight excluding hydrogens is 346 g/mol. The topological polar surface area (TPSA) is 46.1 Å². The predicted octanol–water partition coefficient (Wildman–Crippen LogP) is 4.95. The van der Waals surface area contributed by atoms with Crippen LogP contribution in [0.3, 0.4) is 0 Å². The van der Waals surface area contributed by atoms with Gasteiger partial charge in [0.1, 0.15) is 11.5 Å². The van der Waals surface area contributed by atoms with E-state index in [0.29, 0.717) is 17.2 Å². The summed E-state index contributed by atoms with van der Waals surface area (Å²) in [5, 5.41) is 0. The minimum Gasteiger partial charge on any atom is -0.356 e. The highest BCUT2D eigenvalue weighted by atomic mass is 16.1. The number of hydrogen-bond acceptors (Lipinski definition) is 4. The van der Waals surface area contributed by atoms with Gasteiger partial charge in [-0.25, -0.2) is 4.98 Å². The molecule has 0 aliphatic carbocycles. The first-order valence-corrected chi connectivity index (χ1v) is 9.87. The lowest BCUT2D eigenvalue weighted by atomic mass is 9.90. The molecule has 0 amide bonds. The molecule has 4 rings (SSSR count). The molecule has 1 aliphatic heterocycles. The molecule has 0 N–H and O–H groups in total. The Kier molecular flexibility index (Phi) is 5.20. The summed E-state index contributed by atoms with van der Waals surface area (Å²) in [4.78, 5) is 24.1. The van der Waals surface area contributed by atoms with Crippen LogP contribution >= 0.6 is 0 Å². The smallest absolute Gasteiger partial charge is 0.213 e. The number of piperidine rings is 1. The highest BCUT2D eigenvalue weighted by Gasteiger charge is 2.23. The van der Waals surface area contributed by atoms with E-state index in [1.54, 1.807) is 18.3 Å². The summed E-state index contributed by atoms with van der Waals surface area (Å²) in [6, 6.07) is 18.2. The summed E-state index contributed by atoms with van der Waals surface area (Å²) in [5.74, 6) is 1.31. The molecule has 4 nitrogen and oxygen atoms in total. The molecule has 3 heterocycles. The molecule has 144 valence electrons. The van der Waals surface area contributed by atoms with Crippen molar-refractivity contribution in [1.29, 1.82) is 0 Å². The standard InChI is InChI=1S/C24H25N3O.H2/c1-17-10-12-19(13-11-17)20-6-5-15-27(16-20)23-9-3-8-22(26-23)24(28)21-7-4-14-25-18(21)2;/h3-4,7-14,20H,5-6,15-16H2,1-2H3;1H. The number of nitrogens with zero attached hydrogens (tertiary/aromatic N) is 3. The van der Waals surface area contributed by atoms with Crippen LogP contribution in [0.25, 0.3) is 0 Å². The zero-order valence-corrected chi connectivity index (χ0v) is 16.4. The monoisotopic (exact) mass is 373 g/mol. The van der Waals surface area contributed by atoms with E-state index in [4.69, 9.17) is 4.98 Å². The Hall–Kier alpha value is -3.01. The molecule has 0 radical (unpaired) electrons. The van der Waals surface area contributed by atoms with E-state index in [2.05, 4.69) is 41.1 Å². The maximum Gasteiger partial charge on any atom is 0.213 e. The number of rotatable bonds is 4. The first kappa shape index (κ1) is 18.4. The number of carbonyl (C=O) groups is 1. The Morgan fingerprint density at radius 1 is 1.07 bits per heavy atom. The van der Waals surface area contributed by atoms with Gasteiger partial charge in [0.15, 0.2) is 0 Å². The van der Waals surface area contributed by atoms with Crippen molar-refractivity contribution >= 4 is 11.6 Å². The number of hydrogen-bond donors (Lipinski definition) is 0. The molecule has 1 unspecified atom stereocenters. The van der Waals surface area contributed by atoms with Crippen molar-refractivity contribution in [3.05, 3.63) is 88.9 Å². The summed E-state index contributed by atoms with van der Waals surface area (Å²) in [5.41, 5.74) is 4.50. The number of aryl methyl sites for hydroxylation is 2. The lowest BCUT2D eigenvalue weighted by Gasteiger charge is -2.34. The predicted molar refractivity (Wildman–Crippen MR) is 114 cm³/mol. The molecule has 0 bridgehead atoms. The zero-order chi connectivity index (χ0) is 19.5. The van der Waals surface area contributed by atoms with Gasteiger partial charge in [0.2, 0.25) is 5.78 Å². The molecular formula is C24H27N3O. The minimum atomic E-state index is -0.0699. The fourth-order valence-electron chi connectivity index (χ4n) is 3.88. The van der Waals surface area contributed by atoms with Gasteiger partial charge in [-0.05, 0) is 56.5 Å². The molecule has 1 fully saturated rings. The van der Waals surface area contributed by atoms with Crippen LogP contribution in [0.4, 0.5) is 5.82 Å². The van der Waals surface area contributed by atoms with Gasteiger partial charge in [-0.15, -0.1) is 0 Å². The summed E-state index contributed by atoms with van der Waals surface area (Å²) < 4.78 is 0. The van der Waals surface area contributed by atoms with Crippen molar-refractivity contribution in [3.63, 3.8) is 0 Å². The van der Waals surface area contributed by atoms with E-state index in [9.17, 15) is 4.79 Å². The summed E-state index contributed by atoms with van der Waals surface area (Å²) in [7, 11) is 0. The molecule has 1 aliphatic rings. The first-order chi connectivity index (χ1) is 13.6. The average molecular weight is 374 g/mol. The third kappa shape index (κ3) is 3.81. The van der Waals surface area contributed by atoms with Crippen LogP contribution in [-0.2, 0) is 0 Å². The Morgan fingerprint density at radius 3 is 2.68 bits per heavy atom. The SMILES string of the molecule is Cc1ccc(C2CCCN(c3cccc(C(=O)c4cccnc4C)n3)C2)cc1.[HH]. The van der Waals surface area contributed by atoms with Gasteiger partial charge in [0.05, 0.1) is 0 Å². The van der Waals surface area contributed by atoms with Gasteiger partial charge in [-0.3, -0.25) is 9.78 Å². The Balaban J connectivity index is 0.00000240. The highest BCUT2D eigenvalue weighted by molar-refractivity contribution is 6.08. The maximum atomic E-state index is 12.9. The van der Waals surface area contributed by atoms with Crippen LogP contribution < -0.4 is 4.90 Å². The average Bonchev–Trinajstić information content (AvgIpc) is 2.74. The van der Waals surface area contributed by atoms with Gasteiger partial charge < -0.3 is 4.90 Å². The van der Waals surface area contributed by atoms with Crippen LogP contribution in [0.2, 0.25) is 0 Å². The molecule has 4 heteroatoms. The van der Waals surface area contributed by atoms with Crippen LogP contribution in [0.5, 0.6) is 0 Å². The first-order valence-electron chi connectivity index (χ1n) is 9.87. The van der Waals surface area contributed by atoms with Crippen molar-refractivity contribution in [3.8, 4) is 0 Å². The highest BCUT2D eigenvalue weighted by Crippen LogP contribution is 2.29. The fraction of sp³-hybridized carbons (Fsp3) is 0.292. The van der Waals surface area contributed by atoms with Gasteiger partial charge in [-0.1, -0.05) is 35.9 Å². The number of pyridine rings is 2. The van der Waals surface area contributed by atoms with E-state index in [1.807, 2.05) is 25.1 Å². The number of anilines is 1. The second-order valence-corrected chi connectivity index (χ2v) is 7.54. The van der Waals surface area contributed by atoms with Crippen molar-refractivity contribution < 1.29 is 6.22 Å². The lowest BCUT2D eigenvalue weighted by Crippen LogP contribution is -2.35. The lowest BCUT2D eigenvalue weighted by molar-refractivity contribution is 0.103. The maximum absolute atomic E-state index is 12.9. The zero-order valence-electron chi connectivity index (χ0n) is 16.4. The van der Waals surface area contributed by atoms with Crippen molar-refractivity contribution in [2.24, 2.45) is 0 Å². The summed E-state index contributed by atoms with van der Waals surface area (Å²) >= 11 is 0. The normalized spacial score (nSPS) is 16.8. The second-order valence-electron chi connectivity index (χ2n) is 7.54. The van der Waals surface area contributed by atoms with Crippen molar-refractivity contribution in [2.45, 2.75) is 32.6 Å². The van der Waals surface area contributed by atoms with Crippen LogP contribution in [0.1, 0.15) is 53.1 Å². The molecule has 1 saturated heterocycles. The third-order valence-electron chi connectivity index (χ3n) is 5.51. The number of benzene rings is 1. The molecule has 28 heavy (non-hydrogen) atoms. The van der Waals surface area contributed by atoms with Crippen LogP contribution in [0, 0.1) is 13.8 Å².